The molecule has 1 saturated heterocycles. The van der Waals surface area contributed by atoms with E-state index in [9.17, 15) is 19.2 Å². The Morgan fingerprint density at radius 3 is 1.89 bits per heavy atom. The number of nitrogens with zero attached hydrogens (tertiary/aromatic N) is 1. The molecule has 6 N–H and O–H groups in total. The normalized spacial score (nSPS) is 19.5. The zero-order valence-corrected chi connectivity index (χ0v) is 37.4. The van der Waals surface area contributed by atoms with Crippen molar-refractivity contribution in [2.45, 2.75) is 165 Å². The number of nitrogens with two attached hydrogens (primary N) is 1. The Bertz CT molecular complexity index is 1480. The summed E-state index contributed by atoms with van der Waals surface area (Å²) < 4.78 is 0. The second-order valence-corrected chi connectivity index (χ2v) is 17.9. The van der Waals surface area contributed by atoms with Crippen LogP contribution in [-0.4, -0.2) is 64.8 Å². The first kappa shape index (κ1) is 50.0. The first-order chi connectivity index (χ1) is 26.0. The molecule has 56 heavy (non-hydrogen) atoms. The van der Waals surface area contributed by atoms with E-state index in [1.807, 2.05) is 74.5 Å². The maximum atomic E-state index is 14.1. The Morgan fingerprint density at radius 1 is 0.875 bits per heavy atom. The number of rotatable bonds is 16. The van der Waals surface area contributed by atoms with Crippen LogP contribution in [0.1, 0.15) is 135 Å². The van der Waals surface area contributed by atoms with Crippen LogP contribution in [-0.2, 0) is 14.4 Å². The fourth-order valence-electron chi connectivity index (χ4n) is 7.41. The standard InChI is InChI=1S/C42H66N6O4.2C2H6/c1-25(2)19-33(38(50)39(43)51)44-27(5)34-23-32(26(3)4)24-48(34)28(6)37(31-21-29-15-13-14-16-30(20-29)22-31)46-40(52)45-35(41(7,8)9)17-18-36(49)47-42(10,11)12;2*1-2/h13-16,25-26,31-35,37,44H,5-6,17-19,21-24H2,1-4,7-12H3,(H2,43,51)(H,47,49)(H2,45,46,52);2*1-2H3/t32-,33?,34?,35?,37?;;/m1../s1. The molecule has 0 saturated carbocycles. The number of ketones is 1. The summed E-state index contributed by atoms with van der Waals surface area (Å²) in [4.78, 5) is 53.9. The highest BCUT2D eigenvalue weighted by atomic mass is 16.2. The third-order valence-electron chi connectivity index (χ3n) is 10.3. The molecule has 4 amide bonds. The van der Waals surface area contributed by atoms with Gasteiger partial charge in [-0.15, -0.1) is 5.73 Å². The molecule has 1 heterocycles. The van der Waals surface area contributed by atoms with Crippen LogP contribution < -0.4 is 27.0 Å². The van der Waals surface area contributed by atoms with Crippen LogP contribution in [0.3, 0.4) is 0 Å². The number of nitrogens with one attached hydrogen (secondary N) is 4. The van der Waals surface area contributed by atoms with E-state index in [0.29, 0.717) is 49.8 Å². The summed E-state index contributed by atoms with van der Waals surface area (Å²) >= 11 is 0. The molecule has 1 aliphatic heterocycles. The topological polar surface area (TPSA) is 146 Å². The maximum absolute atomic E-state index is 14.1. The molecule has 4 unspecified atom stereocenters. The largest absolute Gasteiger partial charge is 0.377 e. The van der Waals surface area contributed by atoms with Crippen molar-refractivity contribution in [3.8, 4) is 0 Å². The number of likely N-dealkylation sites (tertiary alicyclic amines) is 1. The number of amides is 4. The maximum Gasteiger partial charge on any atom is 0.315 e. The minimum absolute atomic E-state index is 0.00680. The minimum atomic E-state index is -0.970. The smallest absolute Gasteiger partial charge is 0.315 e. The van der Waals surface area contributed by atoms with E-state index >= 15 is 0 Å². The number of hydrogen-bond donors (Lipinski definition) is 5. The molecule has 0 spiro atoms. The van der Waals surface area contributed by atoms with Crippen LogP contribution in [0, 0.1) is 29.1 Å². The third-order valence-corrected chi connectivity index (χ3v) is 10.3. The van der Waals surface area contributed by atoms with Gasteiger partial charge in [0.2, 0.25) is 11.7 Å². The fraction of sp³-hybridized carbons (Fsp3) is 0.674. The molecular weight excluding hydrogens is 701 g/mol. The second-order valence-electron chi connectivity index (χ2n) is 17.9. The Hall–Kier alpha value is -4.04. The van der Waals surface area contributed by atoms with Crippen molar-refractivity contribution < 1.29 is 19.2 Å². The Morgan fingerprint density at radius 2 is 1.43 bits per heavy atom. The van der Waals surface area contributed by atoms with Crippen LogP contribution in [0.5, 0.6) is 0 Å². The number of allylic oxidation sites excluding steroid dienone is 5. The van der Waals surface area contributed by atoms with Crippen molar-refractivity contribution in [1.29, 1.82) is 0 Å². The molecule has 316 valence electrons. The van der Waals surface area contributed by atoms with Crippen LogP contribution in [0.15, 0.2) is 65.7 Å². The Labute approximate surface area is 340 Å². The monoisotopic (exact) mass is 779 g/mol. The number of urea groups is 1. The fourth-order valence-corrected chi connectivity index (χ4v) is 7.41. The molecule has 0 aromatic heterocycles. The molecule has 0 aromatic rings. The van der Waals surface area contributed by atoms with E-state index in [0.717, 1.165) is 23.3 Å². The lowest BCUT2D eigenvalue weighted by atomic mass is 9.81. The molecule has 1 fully saturated rings. The summed E-state index contributed by atoms with van der Waals surface area (Å²) in [5.41, 5.74) is 11.9. The Kier molecular flexibility index (Phi) is 20.2. The minimum Gasteiger partial charge on any atom is -0.377 e. The van der Waals surface area contributed by atoms with Crippen LogP contribution in [0.25, 0.3) is 0 Å². The first-order valence-electron chi connectivity index (χ1n) is 21.0. The van der Waals surface area contributed by atoms with Gasteiger partial charge in [-0.3, -0.25) is 14.4 Å². The lowest BCUT2D eigenvalue weighted by Gasteiger charge is -2.40. The molecule has 5 atom stereocenters. The highest BCUT2D eigenvalue weighted by molar-refractivity contribution is 6.37. The van der Waals surface area contributed by atoms with Gasteiger partial charge in [0.1, 0.15) is 0 Å². The van der Waals surface area contributed by atoms with Gasteiger partial charge in [-0.2, -0.15) is 0 Å². The van der Waals surface area contributed by atoms with Crippen molar-refractivity contribution >= 4 is 23.6 Å². The molecular formula is C46H78N6O4. The number of carbonyl (C=O) groups excluding carboxylic acids is 4. The van der Waals surface area contributed by atoms with Crippen molar-refractivity contribution in [2.24, 2.45) is 34.8 Å². The summed E-state index contributed by atoms with van der Waals surface area (Å²) in [5, 5.41) is 12.9. The van der Waals surface area contributed by atoms with Gasteiger partial charge in [0.25, 0.3) is 5.91 Å². The van der Waals surface area contributed by atoms with Gasteiger partial charge < -0.3 is 31.9 Å². The van der Waals surface area contributed by atoms with Gasteiger partial charge in [-0.25, -0.2) is 4.79 Å². The molecule has 3 rings (SSSR count). The van der Waals surface area contributed by atoms with Gasteiger partial charge in [0.15, 0.2) is 0 Å². The van der Waals surface area contributed by atoms with E-state index in [-0.39, 0.29) is 53.2 Å². The lowest BCUT2D eigenvalue weighted by molar-refractivity contribution is -0.137. The average molecular weight is 779 g/mol. The lowest BCUT2D eigenvalue weighted by Crippen LogP contribution is -2.55. The molecule has 10 heteroatoms. The molecule has 0 aromatic carbocycles. The SMILES string of the molecule is C=C(NC(CC(C)C)C(=O)C(N)=O)C1C[C@@H](C(C)C)CN1C(=C)C(NC(=O)NC(CCC(=O)NC(C)(C)C)C(C)(C)C)C1CC2=C=C(C=CC=C2)C1.CC.CC. The quantitative estimate of drug-likeness (QED) is 0.0789. The molecule has 10 nitrogen and oxygen atoms in total. The van der Waals surface area contributed by atoms with E-state index in [1.54, 1.807) is 0 Å². The predicted octanol–water partition coefficient (Wildman–Crippen LogP) is 8.24. The van der Waals surface area contributed by atoms with Gasteiger partial charge in [-0.05, 0) is 93.1 Å². The van der Waals surface area contributed by atoms with E-state index in [4.69, 9.17) is 5.73 Å². The number of Topliss-reactive ketones (excluding diaryl/α,β-unsaturated/α-hetero) is 1. The molecule has 2 aliphatic carbocycles. The van der Waals surface area contributed by atoms with Crippen molar-refractivity contribution in [2.75, 3.05) is 6.54 Å². The Balaban J connectivity index is 0.00000379. The van der Waals surface area contributed by atoms with E-state index in [2.05, 4.69) is 91.8 Å². The predicted molar refractivity (Wildman–Crippen MR) is 232 cm³/mol. The number of hydrogen-bond acceptors (Lipinski definition) is 6. The zero-order valence-electron chi connectivity index (χ0n) is 37.4. The van der Waals surface area contributed by atoms with Gasteiger partial charge in [0, 0.05) is 35.9 Å². The van der Waals surface area contributed by atoms with E-state index < -0.39 is 23.8 Å². The summed E-state index contributed by atoms with van der Waals surface area (Å²) in [6.07, 6.45) is 11.6. The van der Waals surface area contributed by atoms with Crippen molar-refractivity contribution in [3.63, 3.8) is 0 Å². The van der Waals surface area contributed by atoms with Gasteiger partial charge in [-0.1, -0.05) is 114 Å². The molecule has 3 aliphatic rings. The average Bonchev–Trinajstić information content (AvgIpc) is 3.49. The summed E-state index contributed by atoms with van der Waals surface area (Å²) in [6, 6.07) is -2.04. The van der Waals surface area contributed by atoms with E-state index in [1.165, 1.54) is 0 Å². The zero-order chi connectivity index (χ0) is 43.1. The van der Waals surface area contributed by atoms with Crippen LogP contribution in [0.4, 0.5) is 4.79 Å². The highest BCUT2D eigenvalue weighted by Gasteiger charge is 2.41. The molecule has 2 bridgehead atoms. The summed E-state index contributed by atoms with van der Waals surface area (Å²) in [7, 11) is 0. The van der Waals surface area contributed by atoms with Crippen molar-refractivity contribution in [3.05, 3.63) is 65.7 Å². The first-order valence-corrected chi connectivity index (χ1v) is 21.0. The second kappa shape index (κ2) is 22.6. The summed E-state index contributed by atoms with van der Waals surface area (Å²) in [6.45, 7) is 38.2. The number of carbonyl (C=O) groups is 4. The molecule has 0 radical (unpaired) electrons. The van der Waals surface area contributed by atoms with Crippen LogP contribution in [0.2, 0.25) is 0 Å². The van der Waals surface area contributed by atoms with Crippen LogP contribution >= 0.6 is 0 Å². The highest BCUT2D eigenvalue weighted by Crippen LogP contribution is 2.39. The van der Waals surface area contributed by atoms with Crippen molar-refractivity contribution in [1.82, 2.24) is 26.2 Å². The number of primary amides is 1. The third kappa shape index (κ3) is 15.8. The summed E-state index contributed by atoms with van der Waals surface area (Å²) in [5.74, 6) is -0.871. The van der Waals surface area contributed by atoms with Gasteiger partial charge in [0.05, 0.1) is 18.1 Å². The van der Waals surface area contributed by atoms with Gasteiger partial charge >= 0.3 is 6.03 Å².